The van der Waals surface area contributed by atoms with Gasteiger partial charge in [0.1, 0.15) is 0 Å². The van der Waals surface area contributed by atoms with Crippen molar-refractivity contribution in [2.24, 2.45) is 7.05 Å². The summed E-state index contributed by atoms with van der Waals surface area (Å²) in [5.41, 5.74) is 1.73. The average Bonchev–Trinajstić information content (AvgIpc) is 2.36. The fraction of sp³-hybridized carbons (Fsp3) is 0.600. The molecule has 0 bridgehead atoms. The van der Waals surface area contributed by atoms with Crippen LogP contribution in [0.3, 0.4) is 0 Å². The smallest absolute Gasteiger partial charge is 0.0228 e. The highest BCUT2D eigenvalue weighted by molar-refractivity contribution is 5.16. The van der Waals surface area contributed by atoms with Crippen LogP contribution >= 0.6 is 0 Å². The second-order valence-corrected chi connectivity index (χ2v) is 3.74. The maximum absolute atomic E-state index is 2.28. The fourth-order valence-electron chi connectivity index (χ4n) is 1.35. The van der Waals surface area contributed by atoms with Crippen molar-refractivity contribution in [1.82, 2.24) is 4.57 Å². The van der Waals surface area contributed by atoms with Gasteiger partial charge in [0.15, 0.2) is 0 Å². The highest BCUT2D eigenvalue weighted by Crippen LogP contribution is 2.25. The van der Waals surface area contributed by atoms with Crippen molar-refractivity contribution in [1.29, 1.82) is 0 Å². The summed E-state index contributed by atoms with van der Waals surface area (Å²) in [5.74, 6) is 0. The van der Waals surface area contributed by atoms with Crippen LogP contribution in [0.1, 0.15) is 32.9 Å². The van der Waals surface area contributed by atoms with Gasteiger partial charge in [0.25, 0.3) is 0 Å². The number of hydrogen-bond donors (Lipinski definition) is 0. The molecule has 0 aromatic carbocycles. The molecule has 0 aliphatic carbocycles. The number of nitrogens with zero attached hydrogens (tertiary/aromatic N) is 1. The van der Waals surface area contributed by atoms with E-state index in [0.29, 0.717) is 5.41 Å². The predicted octanol–water partition coefficient (Wildman–Crippen LogP) is 2.71. The van der Waals surface area contributed by atoms with Gasteiger partial charge in [-0.05, 0) is 18.6 Å². The number of aromatic nitrogens is 1. The lowest BCUT2D eigenvalue weighted by Crippen LogP contribution is -2.18. The Labute approximate surface area is 69.0 Å². The summed E-state index contributed by atoms with van der Waals surface area (Å²) >= 11 is 0. The van der Waals surface area contributed by atoms with Crippen molar-refractivity contribution in [3.8, 4) is 0 Å². The van der Waals surface area contributed by atoms with Gasteiger partial charge in [0, 0.05) is 24.4 Å². The molecule has 1 heteroatoms. The van der Waals surface area contributed by atoms with Crippen LogP contribution in [-0.4, -0.2) is 4.57 Å². The van der Waals surface area contributed by atoms with E-state index in [2.05, 4.69) is 50.7 Å². The minimum Gasteiger partial charge on any atom is -0.354 e. The Morgan fingerprint density at radius 2 is 2.09 bits per heavy atom. The lowest BCUT2D eigenvalue weighted by atomic mass is 9.86. The van der Waals surface area contributed by atoms with Crippen LogP contribution in [-0.2, 0) is 12.5 Å². The Morgan fingerprint density at radius 1 is 1.45 bits per heavy atom. The Balaban J connectivity index is 3.00. The summed E-state index contributed by atoms with van der Waals surface area (Å²) in [7, 11) is 2.10. The first kappa shape index (κ1) is 8.38. The van der Waals surface area contributed by atoms with Gasteiger partial charge in [-0.25, -0.2) is 0 Å². The zero-order chi connectivity index (χ0) is 8.48. The van der Waals surface area contributed by atoms with Crippen LogP contribution < -0.4 is 0 Å². The molecule has 1 heterocycles. The van der Waals surface area contributed by atoms with Crippen molar-refractivity contribution in [2.75, 3.05) is 0 Å². The van der Waals surface area contributed by atoms with Crippen molar-refractivity contribution >= 4 is 0 Å². The largest absolute Gasteiger partial charge is 0.354 e. The summed E-state index contributed by atoms with van der Waals surface area (Å²) in [6.45, 7) is 6.79. The quantitative estimate of drug-likeness (QED) is 0.612. The van der Waals surface area contributed by atoms with Crippen molar-refractivity contribution < 1.29 is 0 Å². The van der Waals surface area contributed by atoms with E-state index in [4.69, 9.17) is 0 Å². The summed E-state index contributed by atoms with van der Waals surface area (Å²) in [4.78, 5) is 0. The molecule has 0 saturated heterocycles. The Bertz CT molecular complexity index is 233. The molecule has 1 nitrogen and oxygen atoms in total. The Kier molecular flexibility index (Phi) is 2.08. The molecule has 0 radical (unpaired) electrons. The van der Waals surface area contributed by atoms with Gasteiger partial charge in [-0.2, -0.15) is 0 Å². The summed E-state index contributed by atoms with van der Waals surface area (Å²) in [6, 6.07) is 4.30. The molecule has 0 saturated carbocycles. The van der Waals surface area contributed by atoms with Crippen LogP contribution in [0.5, 0.6) is 0 Å². The van der Waals surface area contributed by atoms with Gasteiger partial charge in [-0.3, -0.25) is 0 Å². The molecule has 0 fully saturated rings. The van der Waals surface area contributed by atoms with Gasteiger partial charge in [0.05, 0.1) is 0 Å². The average molecular weight is 151 g/mol. The molecular formula is C10H17N. The summed E-state index contributed by atoms with van der Waals surface area (Å²) in [5, 5.41) is 0. The molecule has 0 unspecified atom stereocenters. The van der Waals surface area contributed by atoms with Crippen LogP contribution in [0.2, 0.25) is 0 Å². The Hall–Kier alpha value is -0.720. The number of aryl methyl sites for hydroxylation is 1. The zero-order valence-electron chi connectivity index (χ0n) is 7.89. The van der Waals surface area contributed by atoms with Crippen molar-refractivity contribution in [2.45, 2.75) is 32.6 Å². The molecule has 1 rings (SSSR count). The highest BCUT2D eigenvalue weighted by Gasteiger charge is 2.19. The Morgan fingerprint density at radius 3 is 2.45 bits per heavy atom. The maximum atomic E-state index is 2.28. The lowest BCUT2D eigenvalue weighted by molar-refractivity contribution is 0.473. The highest BCUT2D eigenvalue weighted by atomic mass is 14.9. The molecular weight excluding hydrogens is 134 g/mol. The van der Waals surface area contributed by atoms with E-state index < -0.39 is 0 Å². The fourth-order valence-corrected chi connectivity index (χ4v) is 1.35. The van der Waals surface area contributed by atoms with Crippen LogP contribution in [0.15, 0.2) is 18.3 Å². The molecule has 0 aliphatic heterocycles. The van der Waals surface area contributed by atoms with Crippen molar-refractivity contribution in [3.63, 3.8) is 0 Å². The first-order chi connectivity index (χ1) is 5.08. The third-order valence-corrected chi connectivity index (χ3v) is 2.52. The van der Waals surface area contributed by atoms with E-state index in [1.54, 1.807) is 0 Å². The summed E-state index contributed by atoms with van der Waals surface area (Å²) < 4.78 is 2.20. The predicted molar refractivity (Wildman–Crippen MR) is 48.7 cm³/mol. The third-order valence-electron chi connectivity index (χ3n) is 2.52. The number of hydrogen-bond acceptors (Lipinski definition) is 0. The van der Waals surface area contributed by atoms with E-state index in [0.717, 1.165) is 0 Å². The molecule has 1 aromatic rings. The maximum Gasteiger partial charge on any atom is 0.0228 e. The molecule has 0 spiro atoms. The molecule has 1 aromatic heterocycles. The molecule has 0 aliphatic rings. The van der Waals surface area contributed by atoms with Crippen molar-refractivity contribution in [3.05, 3.63) is 24.0 Å². The minimum atomic E-state index is 0.318. The number of rotatable bonds is 2. The van der Waals surface area contributed by atoms with Crippen LogP contribution in [0.25, 0.3) is 0 Å². The minimum absolute atomic E-state index is 0.318. The first-order valence-electron chi connectivity index (χ1n) is 4.20. The van der Waals surface area contributed by atoms with Gasteiger partial charge in [0.2, 0.25) is 0 Å². The normalized spacial score (nSPS) is 12.0. The molecule has 62 valence electrons. The SMILES string of the molecule is CCC(C)(C)c1cccn1C. The topological polar surface area (TPSA) is 4.93 Å². The monoisotopic (exact) mass is 151 g/mol. The van der Waals surface area contributed by atoms with E-state index in [-0.39, 0.29) is 0 Å². The summed E-state index contributed by atoms with van der Waals surface area (Å²) in [6.07, 6.45) is 3.29. The second-order valence-electron chi connectivity index (χ2n) is 3.74. The van der Waals surface area contributed by atoms with E-state index >= 15 is 0 Å². The second kappa shape index (κ2) is 2.72. The molecule has 0 atom stereocenters. The first-order valence-corrected chi connectivity index (χ1v) is 4.20. The standard InChI is InChI=1S/C10H17N/c1-5-10(2,3)9-7-6-8-11(9)4/h6-8H,5H2,1-4H3. The molecule has 11 heavy (non-hydrogen) atoms. The van der Waals surface area contributed by atoms with Gasteiger partial charge < -0.3 is 4.57 Å². The zero-order valence-corrected chi connectivity index (χ0v) is 7.89. The van der Waals surface area contributed by atoms with E-state index in [1.165, 1.54) is 12.1 Å². The lowest BCUT2D eigenvalue weighted by Gasteiger charge is -2.23. The van der Waals surface area contributed by atoms with Gasteiger partial charge in [-0.1, -0.05) is 20.8 Å². The van der Waals surface area contributed by atoms with E-state index in [1.807, 2.05) is 0 Å². The molecule has 0 amide bonds. The van der Waals surface area contributed by atoms with Gasteiger partial charge >= 0.3 is 0 Å². The van der Waals surface area contributed by atoms with E-state index in [9.17, 15) is 0 Å². The third kappa shape index (κ3) is 1.47. The molecule has 0 N–H and O–H groups in total. The van der Waals surface area contributed by atoms with Gasteiger partial charge in [-0.15, -0.1) is 0 Å². The van der Waals surface area contributed by atoms with Crippen LogP contribution in [0, 0.1) is 0 Å². The van der Waals surface area contributed by atoms with Crippen LogP contribution in [0.4, 0.5) is 0 Å².